The van der Waals surface area contributed by atoms with E-state index in [4.69, 9.17) is 4.74 Å². The van der Waals surface area contributed by atoms with E-state index in [2.05, 4.69) is 9.97 Å². The molecule has 2 aromatic rings. The maximum atomic E-state index is 13.6. The number of rotatable bonds is 10. The average Bonchev–Trinajstić information content (AvgIpc) is 3.76. The Morgan fingerprint density at radius 1 is 1.03 bits per heavy atom. The highest BCUT2D eigenvalue weighted by Gasteiger charge is 2.40. The monoisotopic (exact) mass is 496 g/mol. The molecule has 3 aliphatic rings. The Morgan fingerprint density at radius 3 is 2.37 bits per heavy atom. The molecule has 0 spiro atoms. The van der Waals surface area contributed by atoms with Crippen molar-refractivity contribution in [2.75, 3.05) is 13.2 Å². The first-order valence-corrected chi connectivity index (χ1v) is 14.2. The molecule has 3 fully saturated rings. The summed E-state index contributed by atoms with van der Waals surface area (Å²) in [5.41, 5.74) is 2.60. The lowest BCUT2D eigenvalue weighted by atomic mass is 9.81. The molecule has 5 rings (SSSR count). The highest BCUT2D eigenvalue weighted by Crippen LogP contribution is 2.46. The minimum Gasteiger partial charge on any atom is -0.381 e. The van der Waals surface area contributed by atoms with E-state index in [0.29, 0.717) is 36.1 Å². The molecule has 2 aliphatic carbocycles. The van der Waals surface area contributed by atoms with Crippen molar-refractivity contribution < 1.29 is 22.7 Å². The van der Waals surface area contributed by atoms with Gasteiger partial charge in [0, 0.05) is 32.3 Å². The fourth-order valence-electron chi connectivity index (χ4n) is 5.01. The van der Waals surface area contributed by atoms with Crippen LogP contribution in [0.2, 0.25) is 0 Å². The summed E-state index contributed by atoms with van der Waals surface area (Å²) < 4.78 is 31.7. The van der Waals surface area contributed by atoms with E-state index in [-0.39, 0.29) is 40.8 Å². The van der Waals surface area contributed by atoms with Crippen LogP contribution in [0.15, 0.2) is 35.5 Å². The van der Waals surface area contributed by atoms with Gasteiger partial charge in [0.25, 0.3) is 0 Å². The van der Waals surface area contributed by atoms with Gasteiger partial charge in [0.1, 0.15) is 11.5 Å². The zero-order chi connectivity index (χ0) is 24.6. The van der Waals surface area contributed by atoms with E-state index >= 15 is 0 Å². The minimum atomic E-state index is -3.30. The minimum absolute atomic E-state index is 0.0425. The zero-order valence-electron chi connectivity index (χ0n) is 20.1. The van der Waals surface area contributed by atoms with E-state index in [1.54, 1.807) is 6.07 Å². The molecular formula is C27H32N2O5S. The molecule has 1 aromatic heterocycles. The van der Waals surface area contributed by atoms with Gasteiger partial charge in [-0.3, -0.25) is 14.6 Å². The van der Waals surface area contributed by atoms with Crippen molar-refractivity contribution in [2.24, 2.45) is 5.92 Å². The second kappa shape index (κ2) is 9.90. The summed E-state index contributed by atoms with van der Waals surface area (Å²) in [5, 5.41) is -0.248. The number of ether oxygens (including phenoxy) is 1. The SMILES string of the molecule is CC(=O)c1cnc(CC(=O)[C@H](CC2CCOCC2)c2ccc(S(=O)(=O)C3CC3)c(C3CC3)c2)cn1. The van der Waals surface area contributed by atoms with Crippen LogP contribution in [0.1, 0.15) is 91.0 Å². The maximum absolute atomic E-state index is 13.6. The van der Waals surface area contributed by atoms with Crippen LogP contribution < -0.4 is 0 Å². The van der Waals surface area contributed by atoms with Gasteiger partial charge in [-0.2, -0.15) is 0 Å². The molecule has 1 saturated heterocycles. The van der Waals surface area contributed by atoms with Crippen LogP contribution >= 0.6 is 0 Å². The summed E-state index contributed by atoms with van der Waals surface area (Å²) in [6.07, 6.45) is 9.05. The van der Waals surface area contributed by atoms with Gasteiger partial charge in [-0.05, 0) is 74.0 Å². The summed E-state index contributed by atoms with van der Waals surface area (Å²) in [6.45, 7) is 2.84. The van der Waals surface area contributed by atoms with Crippen molar-refractivity contribution in [3.05, 3.63) is 53.1 Å². The molecule has 2 heterocycles. The molecule has 186 valence electrons. The van der Waals surface area contributed by atoms with Crippen molar-refractivity contribution >= 4 is 21.4 Å². The normalized spacial score (nSPS) is 19.9. The fourth-order valence-corrected chi connectivity index (χ4v) is 6.94. The quantitative estimate of drug-likeness (QED) is 0.454. The lowest BCUT2D eigenvalue weighted by Gasteiger charge is -2.27. The van der Waals surface area contributed by atoms with Gasteiger partial charge in [-0.1, -0.05) is 12.1 Å². The molecule has 8 heteroatoms. The number of carbonyl (C=O) groups excluding carboxylic acids is 2. The van der Waals surface area contributed by atoms with Gasteiger partial charge in [-0.15, -0.1) is 0 Å². The van der Waals surface area contributed by atoms with Crippen molar-refractivity contribution in [2.45, 2.75) is 80.3 Å². The Kier molecular flexibility index (Phi) is 6.86. The van der Waals surface area contributed by atoms with Crippen LogP contribution in [0.4, 0.5) is 0 Å². The molecule has 7 nitrogen and oxygen atoms in total. The van der Waals surface area contributed by atoms with Gasteiger partial charge >= 0.3 is 0 Å². The Balaban J connectivity index is 1.44. The Bertz CT molecular complexity index is 1210. The molecule has 1 aromatic carbocycles. The highest BCUT2D eigenvalue weighted by atomic mass is 32.2. The van der Waals surface area contributed by atoms with Gasteiger partial charge in [0.05, 0.1) is 28.5 Å². The van der Waals surface area contributed by atoms with Gasteiger partial charge < -0.3 is 4.74 Å². The molecule has 0 amide bonds. The third-order valence-corrected chi connectivity index (χ3v) is 9.78. The van der Waals surface area contributed by atoms with Gasteiger partial charge in [-0.25, -0.2) is 13.4 Å². The third kappa shape index (κ3) is 5.54. The summed E-state index contributed by atoms with van der Waals surface area (Å²) in [7, 11) is -3.30. The molecule has 1 atom stereocenters. The first-order valence-electron chi connectivity index (χ1n) is 12.6. The molecule has 0 unspecified atom stereocenters. The lowest BCUT2D eigenvalue weighted by molar-refractivity contribution is -0.120. The number of hydrogen-bond donors (Lipinski definition) is 0. The molecule has 2 saturated carbocycles. The molecular weight excluding hydrogens is 464 g/mol. The molecule has 35 heavy (non-hydrogen) atoms. The molecule has 1 aliphatic heterocycles. The number of carbonyl (C=O) groups is 2. The van der Waals surface area contributed by atoms with Gasteiger partial charge in [0.15, 0.2) is 15.6 Å². The van der Waals surface area contributed by atoms with Crippen LogP contribution in [0.3, 0.4) is 0 Å². The average molecular weight is 497 g/mol. The third-order valence-electron chi connectivity index (χ3n) is 7.44. The summed E-state index contributed by atoms with van der Waals surface area (Å²) in [6, 6.07) is 5.61. The number of ketones is 2. The smallest absolute Gasteiger partial charge is 0.181 e. The number of hydrogen-bond acceptors (Lipinski definition) is 7. The first kappa shape index (κ1) is 24.3. The second-order valence-electron chi connectivity index (χ2n) is 10.3. The fraction of sp³-hybridized carbons (Fsp3) is 0.556. The highest BCUT2D eigenvalue weighted by molar-refractivity contribution is 7.92. The number of sulfone groups is 1. The number of benzene rings is 1. The summed E-state index contributed by atoms with van der Waals surface area (Å²) >= 11 is 0. The Labute approximate surface area is 206 Å². The predicted molar refractivity (Wildman–Crippen MR) is 130 cm³/mol. The van der Waals surface area contributed by atoms with Crippen molar-refractivity contribution in [3.8, 4) is 0 Å². The number of Topliss-reactive ketones (excluding diaryl/α,β-unsaturated/α-hetero) is 2. The topological polar surface area (TPSA) is 103 Å². The largest absolute Gasteiger partial charge is 0.381 e. The van der Waals surface area contributed by atoms with E-state index in [9.17, 15) is 18.0 Å². The van der Waals surface area contributed by atoms with Crippen molar-refractivity contribution in [1.29, 1.82) is 0 Å². The van der Waals surface area contributed by atoms with E-state index in [1.807, 2.05) is 12.1 Å². The lowest BCUT2D eigenvalue weighted by Crippen LogP contribution is -2.23. The standard InChI is InChI=1S/C27H32N2O5S/c1-17(30)25-16-28-21(15-29-25)14-26(31)23(12-18-8-10-34-11-9-18)20-4-7-27(24(13-20)19-2-3-19)35(32,33)22-5-6-22/h4,7,13,15-16,18-19,22-23H,2-3,5-6,8-12,14H2,1H3/t23-/m1/s1. The predicted octanol–water partition coefficient (Wildman–Crippen LogP) is 4.20. The molecule has 0 N–H and O–H groups in total. The summed E-state index contributed by atoms with van der Waals surface area (Å²) in [5.74, 6) is 0.176. The van der Waals surface area contributed by atoms with E-state index in [1.165, 1.54) is 19.3 Å². The van der Waals surface area contributed by atoms with Crippen molar-refractivity contribution in [3.63, 3.8) is 0 Å². The molecule has 0 bridgehead atoms. The molecule has 0 radical (unpaired) electrons. The van der Waals surface area contributed by atoms with E-state index < -0.39 is 9.84 Å². The Morgan fingerprint density at radius 2 is 1.77 bits per heavy atom. The Hall–Kier alpha value is -2.45. The van der Waals surface area contributed by atoms with Crippen LogP contribution in [-0.4, -0.2) is 48.4 Å². The summed E-state index contributed by atoms with van der Waals surface area (Å²) in [4.78, 5) is 34.0. The maximum Gasteiger partial charge on any atom is 0.181 e. The van der Waals surface area contributed by atoms with Crippen LogP contribution in [0.5, 0.6) is 0 Å². The number of aromatic nitrogens is 2. The van der Waals surface area contributed by atoms with Crippen LogP contribution in [-0.2, 0) is 25.8 Å². The van der Waals surface area contributed by atoms with Crippen molar-refractivity contribution in [1.82, 2.24) is 9.97 Å². The van der Waals surface area contributed by atoms with Gasteiger partial charge in [0.2, 0.25) is 0 Å². The second-order valence-corrected chi connectivity index (χ2v) is 12.4. The van der Waals surface area contributed by atoms with E-state index in [0.717, 1.165) is 49.7 Å². The van der Waals surface area contributed by atoms with Crippen LogP contribution in [0, 0.1) is 5.92 Å². The zero-order valence-corrected chi connectivity index (χ0v) is 20.9. The number of nitrogens with zero attached hydrogens (tertiary/aromatic N) is 2. The van der Waals surface area contributed by atoms with Crippen LogP contribution in [0.25, 0.3) is 0 Å². The first-order chi connectivity index (χ1) is 16.8.